The maximum atomic E-state index is 12.2. The molecule has 0 aromatic heterocycles. The maximum absolute atomic E-state index is 12.2. The van der Waals surface area contributed by atoms with Crippen LogP contribution < -0.4 is 5.73 Å². The first-order chi connectivity index (χ1) is 10.9. The molecule has 1 fully saturated rings. The fraction of sp³-hybridized carbons (Fsp3) is 0.611. The van der Waals surface area contributed by atoms with E-state index < -0.39 is 5.60 Å². The van der Waals surface area contributed by atoms with Crippen LogP contribution in [-0.4, -0.2) is 60.3 Å². The number of hydrogen-bond acceptors (Lipinski definition) is 4. The van der Waals surface area contributed by atoms with Crippen molar-refractivity contribution < 1.29 is 9.53 Å². The van der Waals surface area contributed by atoms with Crippen molar-refractivity contribution in [1.82, 2.24) is 9.80 Å². The number of carbonyl (C=O) groups is 1. The lowest BCUT2D eigenvalue weighted by atomic mass is 10.1. The summed E-state index contributed by atoms with van der Waals surface area (Å²) in [5.74, 6) is 0. The fourth-order valence-electron chi connectivity index (χ4n) is 2.82. The van der Waals surface area contributed by atoms with E-state index in [-0.39, 0.29) is 12.1 Å². The summed E-state index contributed by atoms with van der Waals surface area (Å²) in [6.45, 7) is 9.36. The first-order valence-electron chi connectivity index (χ1n) is 8.35. The molecule has 1 aliphatic heterocycles. The molecule has 1 aromatic rings. The minimum Gasteiger partial charge on any atom is -0.444 e. The number of nitrogens with two attached hydrogens (primary N) is 1. The second kappa shape index (κ2) is 7.79. The molecule has 5 heteroatoms. The predicted molar refractivity (Wildman–Crippen MR) is 92.4 cm³/mol. The molecule has 1 aromatic carbocycles. The lowest BCUT2D eigenvalue weighted by Gasteiger charge is -2.41. The highest BCUT2D eigenvalue weighted by Crippen LogP contribution is 2.15. The Bertz CT molecular complexity index is 499. The highest BCUT2D eigenvalue weighted by Gasteiger charge is 2.30. The number of rotatable bonds is 4. The Morgan fingerprint density at radius 1 is 1.26 bits per heavy atom. The molecular weight excluding hydrogens is 290 g/mol. The van der Waals surface area contributed by atoms with Crippen LogP contribution in [0, 0.1) is 0 Å². The molecule has 1 heterocycles. The summed E-state index contributed by atoms with van der Waals surface area (Å²) in [5, 5.41) is 0. The van der Waals surface area contributed by atoms with Gasteiger partial charge < -0.3 is 15.4 Å². The zero-order chi connectivity index (χ0) is 16.9. The molecule has 1 unspecified atom stereocenters. The van der Waals surface area contributed by atoms with Gasteiger partial charge in [-0.05, 0) is 32.8 Å². The standard InChI is InChI=1S/C18H29N3O2/c1-18(2,3)23-17(22)21-12-11-20(16(13-19)14-21)10-9-15-7-5-4-6-8-15/h4-8,16H,9-14,19H2,1-3H3. The molecule has 1 amide bonds. The van der Waals surface area contributed by atoms with E-state index in [0.29, 0.717) is 19.6 Å². The van der Waals surface area contributed by atoms with Gasteiger partial charge in [0.15, 0.2) is 0 Å². The Kier molecular flexibility index (Phi) is 6.02. The molecule has 5 nitrogen and oxygen atoms in total. The summed E-state index contributed by atoms with van der Waals surface area (Å²) in [7, 11) is 0. The SMILES string of the molecule is CC(C)(C)OC(=O)N1CCN(CCc2ccccc2)C(CN)C1. The topological polar surface area (TPSA) is 58.8 Å². The molecule has 128 valence electrons. The van der Waals surface area contributed by atoms with Crippen molar-refractivity contribution in [3.05, 3.63) is 35.9 Å². The largest absolute Gasteiger partial charge is 0.444 e. The van der Waals surface area contributed by atoms with Crippen LogP contribution >= 0.6 is 0 Å². The van der Waals surface area contributed by atoms with E-state index in [0.717, 1.165) is 19.5 Å². The summed E-state index contributed by atoms with van der Waals surface area (Å²) in [4.78, 5) is 16.4. The van der Waals surface area contributed by atoms with Crippen LogP contribution in [0.15, 0.2) is 30.3 Å². The van der Waals surface area contributed by atoms with Crippen molar-refractivity contribution >= 4 is 6.09 Å². The lowest BCUT2D eigenvalue weighted by molar-refractivity contribution is 0.00498. The Morgan fingerprint density at radius 2 is 1.96 bits per heavy atom. The molecular formula is C18H29N3O2. The van der Waals surface area contributed by atoms with Gasteiger partial charge in [0.05, 0.1) is 0 Å². The number of ether oxygens (including phenoxy) is 1. The van der Waals surface area contributed by atoms with Crippen LogP contribution in [0.1, 0.15) is 26.3 Å². The third kappa shape index (κ3) is 5.52. The Hall–Kier alpha value is -1.59. The number of hydrogen-bond donors (Lipinski definition) is 1. The maximum Gasteiger partial charge on any atom is 0.410 e. The van der Waals surface area contributed by atoms with Crippen LogP contribution in [-0.2, 0) is 11.2 Å². The quantitative estimate of drug-likeness (QED) is 0.923. The average molecular weight is 319 g/mol. The number of benzene rings is 1. The van der Waals surface area contributed by atoms with E-state index in [2.05, 4.69) is 29.2 Å². The van der Waals surface area contributed by atoms with Crippen LogP contribution in [0.2, 0.25) is 0 Å². The van der Waals surface area contributed by atoms with Gasteiger partial charge in [-0.2, -0.15) is 0 Å². The summed E-state index contributed by atoms with van der Waals surface area (Å²) in [6.07, 6.45) is 0.766. The molecule has 1 saturated heterocycles. The fourth-order valence-corrected chi connectivity index (χ4v) is 2.82. The number of piperazine rings is 1. The Labute approximate surface area is 139 Å². The van der Waals surface area contributed by atoms with Gasteiger partial charge in [-0.3, -0.25) is 4.90 Å². The van der Waals surface area contributed by atoms with Gasteiger partial charge in [-0.25, -0.2) is 4.79 Å². The van der Waals surface area contributed by atoms with Crippen LogP contribution in [0.4, 0.5) is 4.79 Å². The van der Waals surface area contributed by atoms with E-state index >= 15 is 0 Å². The van der Waals surface area contributed by atoms with Crippen molar-refractivity contribution in [1.29, 1.82) is 0 Å². The number of carbonyl (C=O) groups excluding carboxylic acids is 1. The van der Waals surface area contributed by atoms with Gasteiger partial charge in [-0.1, -0.05) is 30.3 Å². The van der Waals surface area contributed by atoms with E-state index in [1.165, 1.54) is 5.56 Å². The van der Waals surface area contributed by atoms with Crippen LogP contribution in [0.25, 0.3) is 0 Å². The first-order valence-corrected chi connectivity index (χ1v) is 8.35. The van der Waals surface area contributed by atoms with Crippen molar-refractivity contribution in [2.45, 2.75) is 38.8 Å². The molecule has 0 saturated carbocycles. The Morgan fingerprint density at radius 3 is 2.57 bits per heavy atom. The minimum absolute atomic E-state index is 0.194. The minimum atomic E-state index is -0.459. The van der Waals surface area contributed by atoms with Gasteiger partial charge in [0.1, 0.15) is 5.60 Å². The van der Waals surface area contributed by atoms with Gasteiger partial charge in [0.2, 0.25) is 0 Å². The van der Waals surface area contributed by atoms with E-state index in [4.69, 9.17) is 10.5 Å². The third-order valence-corrected chi connectivity index (χ3v) is 4.06. The Balaban J connectivity index is 1.87. The molecule has 0 bridgehead atoms. The van der Waals surface area contributed by atoms with Gasteiger partial charge in [0, 0.05) is 38.8 Å². The predicted octanol–water partition coefficient (Wildman–Crippen LogP) is 2.11. The molecule has 2 N–H and O–H groups in total. The molecule has 0 radical (unpaired) electrons. The smallest absolute Gasteiger partial charge is 0.410 e. The number of amides is 1. The monoisotopic (exact) mass is 319 g/mol. The van der Waals surface area contributed by atoms with Crippen LogP contribution in [0.3, 0.4) is 0 Å². The summed E-state index contributed by atoms with van der Waals surface area (Å²) in [6, 6.07) is 10.7. The molecule has 0 spiro atoms. The van der Waals surface area contributed by atoms with Crippen molar-refractivity contribution in [2.24, 2.45) is 5.73 Å². The second-order valence-corrected chi connectivity index (χ2v) is 7.09. The van der Waals surface area contributed by atoms with Gasteiger partial charge >= 0.3 is 6.09 Å². The van der Waals surface area contributed by atoms with E-state index in [1.54, 1.807) is 4.90 Å². The average Bonchev–Trinajstić information content (AvgIpc) is 2.52. The third-order valence-electron chi connectivity index (χ3n) is 4.06. The molecule has 1 atom stereocenters. The van der Waals surface area contributed by atoms with Crippen molar-refractivity contribution in [3.63, 3.8) is 0 Å². The van der Waals surface area contributed by atoms with E-state index in [1.807, 2.05) is 26.8 Å². The highest BCUT2D eigenvalue weighted by molar-refractivity contribution is 5.68. The van der Waals surface area contributed by atoms with Crippen LogP contribution in [0.5, 0.6) is 0 Å². The number of nitrogens with zero attached hydrogens (tertiary/aromatic N) is 2. The van der Waals surface area contributed by atoms with Crippen molar-refractivity contribution in [2.75, 3.05) is 32.7 Å². The summed E-state index contributed by atoms with van der Waals surface area (Å²) < 4.78 is 5.46. The normalized spacial score (nSPS) is 19.7. The molecule has 1 aliphatic rings. The summed E-state index contributed by atoms with van der Waals surface area (Å²) in [5.41, 5.74) is 6.80. The molecule has 2 rings (SSSR count). The van der Waals surface area contributed by atoms with Gasteiger partial charge in [0.25, 0.3) is 0 Å². The first kappa shape index (κ1) is 17.8. The summed E-state index contributed by atoms with van der Waals surface area (Å²) >= 11 is 0. The zero-order valence-electron chi connectivity index (χ0n) is 14.5. The second-order valence-electron chi connectivity index (χ2n) is 7.09. The lowest BCUT2D eigenvalue weighted by Crippen LogP contribution is -2.58. The highest BCUT2D eigenvalue weighted by atomic mass is 16.6. The van der Waals surface area contributed by atoms with Crippen molar-refractivity contribution in [3.8, 4) is 0 Å². The molecule has 0 aliphatic carbocycles. The van der Waals surface area contributed by atoms with Gasteiger partial charge in [-0.15, -0.1) is 0 Å². The van der Waals surface area contributed by atoms with E-state index in [9.17, 15) is 4.79 Å². The zero-order valence-corrected chi connectivity index (χ0v) is 14.5. The molecule has 23 heavy (non-hydrogen) atoms.